The molecule has 2 N–H and O–H groups in total. The lowest BCUT2D eigenvalue weighted by atomic mass is 9.92. The van der Waals surface area contributed by atoms with Crippen molar-refractivity contribution in [1.82, 2.24) is 19.6 Å². The molecule has 0 radical (unpaired) electrons. The van der Waals surface area contributed by atoms with Gasteiger partial charge in [0.2, 0.25) is 0 Å². The number of hydrogen-bond acceptors (Lipinski definition) is 3. The molecule has 0 aromatic carbocycles. The van der Waals surface area contributed by atoms with Gasteiger partial charge in [0.1, 0.15) is 0 Å². The van der Waals surface area contributed by atoms with Gasteiger partial charge in [0.25, 0.3) is 5.91 Å². The van der Waals surface area contributed by atoms with E-state index in [1.165, 1.54) is 0 Å². The molecule has 1 atom stereocenters. The lowest BCUT2D eigenvalue weighted by Gasteiger charge is -2.35. The van der Waals surface area contributed by atoms with Crippen LogP contribution in [0.4, 0.5) is 4.79 Å². The second kappa shape index (κ2) is 6.81. The molecule has 1 aliphatic rings. The van der Waals surface area contributed by atoms with Crippen LogP contribution in [-0.4, -0.2) is 57.7 Å². The molecule has 0 bridgehead atoms. The molecule has 1 aromatic heterocycles. The predicted molar refractivity (Wildman–Crippen MR) is 83.6 cm³/mol. The first kappa shape index (κ1) is 16.3. The molecule has 22 heavy (non-hydrogen) atoms. The Morgan fingerprint density at radius 3 is 2.68 bits per heavy atom. The summed E-state index contributed by atoms with van der Waals surface area (Å²) in [6.07, 6.45) is 3.48. The van der Waals surface area contributed by atoms with Crippen LogP contribution < -0.4 is 5.73 Å². The highest BCUT2D eigenvalue weighted by Crippen LogP contribution is 2.28. The summed E-state index contributed by atoms with van der Waals surface area (Å²) in [6, 6.07) is 0.0613. The number of urea groups is 1. The number of aromatic nitrogens is 2. The number of nitrogens with two attached hydrogens (primary N) is 1. The summed E-state index contributed by atoms with van der Waals surface area (Å²) in [4.78, 5) is 27.7. The first-order chi connectivity index (χ1) is 10.5. The molecule has 2 heterocycles. The van der Waals surface area contributed by atoms with E-state index in [1.54, 1.807) is 17.9 Å². The minimum atomic E-state index is -0.463. The van der Waals surface area contributed by atoms with Crippen molar-refractivity contribution >= 4 is 11.9 Å². The highest BCUT2D eigenvalue weighted by atomic mass is 16.2. The topological polar surface area (TPSA) is 84.5 Å². The molecule has 0 aliphatic carbocycles. The molecule has 1 aliphatic heterocycles. The standard InChI is InChI=1S/C15H25N5O2/c1-4-19(5-2)15(22)20-8-6-7-11(9-20)13-12(14(16)21)10-18(3)17-13/h10-11H,4-9H2,1-3H3,(H2,16,21)/t11-/m0/s1. The molecule has 3 amide bonds. The van der Waals surface area contributed by atoms with Crippen LogP contribution in [0.2, 0.25) is 0 Å². The Labute approximate surface area is 131 Å². The first-order valence-corrected chi connectivity index (χ1v) is 7.85. The van der Waals surface area contributed by atoms with E-state index < -0.39 is 5.91 Å². The molecule has 1 aromatic rings. The van der Waals surface area contributed by atoms with E-state index >= 15 is 0 Å². The van der Waals surface area contributed by atoms with Gasteiger partial charge in [0.05, 0.1) is 11.3 Å². The number of carbonyl (C=O) groups excluding carboxylic acids is 2. The molecule has 1 saturated heterocycles. The molecular weight excluding hydrogens is 282 g/mol. The van der Waals surface area contributed by atoms with Gasteiger partial charge in [-0.15, -0.1) is 0 Å². The van der Waals surface area contributed by atoms with E-state index in [9.17, 15) is 9.59 Å². The molecule has 0 saturated carbocycles. The van der Waals surface area contributed by atoms with Gasteiger partial charge in [-0.1, -0.05) is 0 Å². The number of piperidine rings is 1. The van der Waals surface area contributed by atoms with E-state index in [0.717, 1.165) is 19.4 Å². The summed E-state index contributed by atoms with van der Waals surface area (Å²) >= 11 is 0. The molecular formula is C15H25N5O2. The van der Waals surface area contributed by atoms with E-state index in [1.807, 2.05) is 23.6 Å². The lowest BCUT2D eigenvalue weighted by molar-refractivity contribution is 0.0998. The molecule has 0 spiro atoms. The summed E-state index contributed by atoms with van der Waals surface area (Å²) in [7, 11) is 1.78. The van der Waals surface area contributed by atoms with E-state index in [-0.39, 0.29) is 11.9 Å². The normalized spacial score (nSPS) is 18.3. The highest BCUT2D eigenvalue weighted by Gasteiger charge is 2.30. The summed E-state index contributed by atoms with van der Waals surface area (Å²) in [5, 5.41) is 4.40. The van der Waals surface area contributed by atoms with Crippen LogP contribution in [0, 0.1) is 0 Å². The number of likely N-dealkylation sites (tertiary alicyclic amines) is 1. The van der Waals surface area contributed by atoms with Crippen LogP contribution >= 0.6 is 0 Å². The van der Waals surface area contributed by atoms with Crippen molar-refractivity contribution < 1.29 is 9.59 Å². The fourth-order valence-corrected chi connectivity index (χ4v) is 3.07. The zero-order valence-corrected chi connectivity index (χ0v) is 13.6. The fraction of sp³-hybridized carbons (Fsp3) is 0.667. The van der Waals surface area contributed by atoms with E-state index in [2.05, 4.69) is 5.10 Å². The Bertz CT molecular complexity index is 550. The first-order valence-electron chi connectivity index (χ1n) is 7.85. The van der Waals surface area contributed by atoms with Gasteiger partial charge in [-0.2, -0.15) is 5.10 Å². The van der Waals surface area contributed by atoms with Gasteiger partial charge < -0.3 is 15.5 Å². The lowest BCUT2D eigenvalue weighted by Crippen LogP contribution is -2.47. The quantitative estimate of drug-likeness (QED) is 0.906. The largest absolute Gasteiger partial charge is 0.365 e. The minimum absolute atomic E-state index is 0.0613. The second-order valence-electron chi connectivity index (χ2n) is 5.71. The Morgan fingerprint density at radius 1 is 1.41 bits per heavy atom. The van der Waals surface area contributed by atoms with Crippen LogP contribution in [0.5, 0.6) is 0 Å². The molecule has 1 fully saturated rings. The monoisotopic (exact) mass is 307 g/mol. The van der Waals surface area contributed by atoms with Crippen LogP contribution in [0.15, 0.2) is 6.20 Å². The van der Waals surface area contributed by atoms with Crippen molar-refractivity contribution in [2.45, 2.75) is 32.6 Å². The Hall–Kier alpha value is -2.05. The molecule has 7 heteroatoms. The Balaban J connectivity index is 2.17. The summed E-state index contributed by atoms with van der Waals surface area (Å²) in [5.74, 6) is -0.396. The number of rotatable bonds is 4. The van der Waals surface area contributed by atoms with Crippen molar-refractivity contribution in [3.05, 3.63) is 17.5 Å². The summed E-state index contributed by atoms with van der Waals surface area (Å²) in [6.45, 7) is 6.70. The minimum Gasteiger partial charge on any atom is -0.365 e. The van der Waals surface area contributed by atoms with Crippen molar-refractivity contribution in [3.8, 4) is 0 Å². The maximum absolute atomic E-state index is 12.5. The predicted octanol–water partition coefficient (Wildman–Crippen LogP) is 1.16. The van der Waals surface area contributed by atoms with Crippen molar-refractivity contribution in [1.29, 1.82) is 0 Å². The average Bonchev–Trinajstić information content (AvgIpc) is 2.91. The summed E-state index contributed by atoms with van der Waals surface area (Å²) < 4.78 is 1.61. The van der Waals surface area contributed by atoms with Crippen molar-refractivity contribution in [2.75, 3.05) is 26.2 Å². The smallest absolute Gasteiger partial charge is 0.319 e. The number of amides is 3. The Morgan fingerprint density at radius 2 is 2.09 bits per heavy atom. The van der Waals surface area contributed by atoms with Gasteiger partial charge >= 0.3 is 6.03 Å². The van der Waals surface area contributed by atoms with E-state index in [4.69, 9.17) is 5.73 Å². The SMILES string of the molecule is CCN(CC)C(=O)N1CCC[C@H](c2nn(C)cc2C(N)=O)C1. The maximum Gasteiger partial charge on any atom is 0.319 e. The Kier molecular flexibility index (Phi) is 5.05. The van der Waals surface area contributed by atoms with Gasteiger partial charge in [0, 0.05) is 45.3 Å². The third-order valence-corrected chi connectivity index (χ3v) is 4.24. The van der Waals surface area contributed by atoms with Crippen molar-refractivity contribution in [2.24, 2.45) is 12.8 Å². The zero-order chi connectivity index (χ0) is 16.3. The third-order valence-electron chi connectivity index (χ3n) is 4.24. The van der Waals surface area contributed by atoms with Crippen LogP contribution in [0.25, 0.3) is 0 Å². The second-order valence-corrected chi connectivity index (χ2v) is 5.71. The molecule has 2 rings (SSSR count). The van der Waals surface area contributed by atoms with E-state index in [0.29, 0.717) is 30.9 Å². The molecule has 0 unspecified atom stereocenters. The average molecular weight is 307 g/mol. The van der Waals surface area contributed by atoms with Crippen LogP contribution in [0.3, 0.4) is 0 Å². The third kappa shape index (κ3) is 3.23. The van der Waals surface area contributed by atoms with Crippen LogP contribution in [0.1, 0.15) is 48.7 Å². The van der Waals surface area contributed by atoms with Gasteiger partial charge in [0.15, 0.2) is 0 Å². The number of nitrogens with zero attached hydrogens (tertiary/aromatic N) is 4. The maximum atomic E-state index is 12.5. The van der Waals surface area contributed by atoms with Crippen molar-refractivity contribution in [3.63, 3.8) is 0 Å². The molecule has 7 nitrogen and oxygen atoms in total. The van der Waals surface area contributed by atoms with Crippen LogP contribution in [-0.2, 0) is 7.05 Å². The zero-order valence-electron chi connectivity index (χ0n) is 13.6. The number of primary amides is 1. The number of aryl methyl sites for hydroxylation is 1. The number of carbonyl (C=O) groups is 2. The highest BCUT2D eigenvalue weighted by molar-refractivity contribution is 5.93. The fourth-order valence-electron chi connectivity index (χ4n) is 3.07. The number of hydrogen-bond donors (Lipinski definition) is 1. The summed E-state index contributed by atoms with van der Waals surface area (Å²) in [5.41, 5.74) is 6.62. The van der Waals surface area contributed by atoms with Gasteiger partial charge in [-0.3, -0.25) is 9.48 Å². The van der Waals surface area contributed by atoms with Gasteiger partial charge in [-0.05, 0) is 26.7 Å². The van der Waals surface area contributed by atoms with Gasteiger partial charge in [-0.25, -0.2) is 4.79 Å². The molecule has 122 valence electrons.